The van der Waals surface area contributed by atoms with Crippen molar-refractivity contribution in [1.82, 2.24) is 15.5 Å². The molecule has 1 rings (SSSR count). The van der Waals surface area contributed by atoms with Crippen molar-refractivity contribution >= 4 is 11.8 Å². The van der Waals surface area contributed by atoms with Gasteiger partial charge in [-0.1, -0.05) is 103 Å². The first-order valence-corrected chi connectivity index (χ1v) is 15.8. The third-order valence-electron chi connectivity index (χ3n) is 7.41. The Morgan fingerprint density at radius 2 is 1.35 bits per heavy atom. The lowest BCUT2D eigenvalue weighted by Crippen LogP contribution is -2.47. The van der Waals surface area contributed by atoms with E-state index in [0.717, 1.165) is 19.4 Å². The standard InChI is InChI=1S/C30H60N4O3/c1-2-3-4-5-6-7-8-9-10-11-12-13-14-15-16-17-22-32-23-20-29(35)34-25-18-19-28(34)30(36)33-24-27-37-26-21-31/h28,32H,2-27,31H2,1H3,(H,33,36)/t28-/m0/s1. The average molecular weight is 525 g/mol. The number of hydrogen-bond donors (Lipinski definition) is 3. The summed E-state index contributed by atoms with van der Waals surface area (Å²) in [7, 11) is 0. The second kappa shape index (κ2) is 25.1. The number of ether oxygens (including phenoxy) is 1. The van der Waals surface area contributed by atoms with E-state index < -0.39 is 0 Å². The summed E-state index contributed by atoms with van der Waals surface area (Å²) in [5.74, 6) is 0.0137. The predicted octanol–water partition coefficient (Wildman–Crippen LogP) is 5.31. The molecule has 37 heavy (non-hydrogen) atoms. The van der Waals surface area contributed by atoms with Crippen molar-refractivity contribution in [2.24, 2.45) is 5.73 Å². The number of nitrogens with one attached hydrogen (secondary N) is 2. The molecule has 7 nitrogen and oxygen atoms in total. The van der Waals surface area contributed by atoms with Crippen LogP contribution in [0.15, 0.2) is 0 Å². The number of hydrogen-bond acceptors (Lipinski definition) is 5. The van der Waals surface area contributed by atoms with Gasteiger partial charge in [-0.05, 0) is 25.8 Å². The summed E-state index contributed by atoms with van der Waals surface area (Å²) >= 11 is 0. The zero-order valence-corrected chi connectivity index (χ0v) is 24.2. The van der Waals surface area contributed by atoms with Crippen LogP contribution in [-0.2, 0) is 14.3 Å². The SMILES string of the molecule is CCCCCCCCCCCCCCCCCCNCCC(=O)N1CCC[C@H]1C(=O)NCCOCCN. The number of nitrogens with two attached hydrogens (primary N) is 1. The molecule has 1 saturated heterocycles. The molecular formula is C30H60N4O3. The maximum absolute atomic E-state index is 12.6. The summed E-state index contributed by atoms with van der Waals surface area (Å²) in [4.78, 5) is 26.8. The molecule has 1 aliphatic rings. The van der Waals surface area contributed by atoms with Gasteiger partial charge in [0.25, 0.3) is 0 Å². The van der Waals surface area contributed by atoms with E-state index in [2.05, 4.69) is 17.6 Å². The number of unbranched alkanes of at least 4 members (excludes halogenated alkanes) is 15. The molecule has 4 N–H and O–H groups in total. The summed E-state index contributed by atoms with van der Waals surface area (Å²) < 4.78 is 5.29. The molecule has 218 valence electrons. The lowest BCUT2D eigenvalue weighted by atomic mass is 10.0. The van der Waals surface area contributed by atoms with Crippen LogP contribution in [-0.4, -0.2) is 68.7 Å². The summed E-state index contributed by atoms with van der Waals surface area (Å²) in [5, 5.41) is 6.30. The number of likely N-dealkylation sites (tertiary alicyclic amines) is 1. The van der Waals surface area contributed by atoms with Gasteiger partial charge in [-0.2, -0.15) is 0 Å². The molecule has 0 aromatic heterocycles. The number of carbonyl (C=O) groups is 2. The fourth-order valence-electron chi connectivity index (χ4n) is 5.15. The normalized spacial score (nSPS) is 15.4. The third kappa shape index (κ3) is 18.7. The van der Waals surface area contributed by atoms with Crippen molar-refractivity contribution in [3.63, 3.8) is 0 Å². The summed E-state index contributed by atoms with van der Waals surface area (Å²) in [6.07, 6.45) is 24.2. The monoisotopic (exact) mass is 524 g/mol. The Bertz CT molecular complexity index is 547. The van der Waals surface area contributed by atoms with Gasteiger partial charge in [-0.3, -0.25) is 9.59 Å². The predicted molar refractivity (Wildman–Crippen MR) is 155 cm³/mol. The largest absolute Gasteiger partial charge is 0.378 e. The van der Waals surface area contributed by atoms with Gasteiger partial charge in [0.05, 0.1) is 13.2 Å². The molecule has 1 heterocycles. The highest BCUT2D eigenvalue weighted by molar-refractivity contribution is 5.88. The van der Waals surface area contributed by atoms with Crippen LogP contribution in [0.4, 0.5) is 0 Å². The van der Waals surface area contributed by atoms with Gasteiger partial charge in [0.15, 0.2) is 0 Å². The molecule has 0 saturated carbocycles. The van der Waals surface area contributed by atoms with Crippen LogP contribution in [0.2, 0.25) is 0 Å². The van der Waals surface area contributed by atoms with Gasteiger partial charge in [-0.15, -0.1) is 0 Å². The van der Waals surface area contributed by atoms with Crippen LogP contribution in [0.3, 0.4) is 0 Å². The highest BCUT2D eigenvalue weighted by atomic mass is 16.5. The molecule has 1 fully saturated rings. The van der Waals surface area contributed by atoms with Gasteiger partial charge in [0.1, 0.15) is 6.04 Å². The number of carbonyl (C=O) groups excluding carboxylic acids is 2. The second-order valence-electron chi connectivity index (χ2n) is 10.7. The van der Waals surface area contributed by atoms with Crippen LogP contribution in [0.25, 0.3) is 0 Å². The van der Waals surface area contributed by atoms with E-state index in [4.69, 9.17) is 10.5 Å². The molecular weight excluding hydrogens is 464 g/mol. The number of amides is 2. The highest BCUT2D eigenvalue weighted by Crippen LogP contribution is 2.18. The Hall–Kier alpha value is -1.18. The van der Waals surface area contributed by atoms with Crippen molar-refractivity contribution < 1.29 is 14.3 Å². The summed E-state index contributed by atoms with van der Waals surface area (Å²) in [5.41, 5.74) is 5.39. The van der Waals surface area contributed by atoms with Crippen molar-refractivity contribution in [2.75, 3.05) is 45.9 Å². The fourth-order valence-corrected chi connectivity index (χ4v) is 5.15. The van der Waals surface area contributed by atoms with Gasteiger partial charge < -0.3 is 26.0 Å². The van der Waals surface area contributed by atoms with Crippen LogP contribution in [0.1, 0.15) is 129 Å². The fraction of sp³-hybridized carbons (Fsp3) is 0.933. The lowest BCUT2D eigenvalue weighted by Gasteiger charge is -2.24. The maximum Gasteiger partial charge on any atom is 0.242 e. The zero-order chi connectivity index (χ0) is 26.8. The quantitative estimate of drug-likeness (QED) is 0.133. The van der Waals surface area contributed by atoms with E-state index in [1.54, 1.807) is 4.90 Å². The Balaban J connectivity index is 1.89. The topological polar surface area (TPSA) is 96.7 Å². The first-order valence-electron chi connectivity index (χ1n) is 15.8. The average Bonchev–Trinajstić information content (AvgIpc) is 3.40. The minimum Gasteiger partial charge on any atom is -0.378 e. The van der Waals surface area contributed by atoms with Crippen LogP contribution in [0, 0.1) is 0 Å². The van der Waals surface area contributed by atoms with Crippen molar-refractivity contribution in [3.05, 3.63) is 0 Å². The van der Waals surface area contributed by atoms with Gasteiger partial charge in [-0.25, -0.2) is 0 Å². The smallest absolute Gasteiger partial charge is 0.242 e. The lowest BCUT2D eigenvalue weighted by molar-refractivity contribution is -0.138. The van der Waals surface area contributed by atoms with Crippen molar-refractivity contribution in [3.8, 4) is 0 Å². The first kappa shape index (κ1) is 33.8. The highest BCUT2D eigenvalue weighted by Gasteiger charge is 2.33. The Kier molecular flexibility index (Phi) is 23.0. The molecule has 0 bridgehead atoms. The summed E-state index contributed by atoms with van der Waals surface area (Å²) in [6, 6.07) is -0.331. The molecule has 7 heteroatoms. The van der Waals surface area contributed by atoms with Gasteiger partial charge in [0.2, 0.25) is 11.8 Å². The first-order chi connectivity index (χ1) is 18.2. The third-order valence-corrected chi connectivity index (χ3v) is 7.41. The van der Waals surface area contributed by atoms with Crippen LogP contribution < -0.4 is 16.4 Å². The molecule has 0 radical (unpaired) electrons. The Morgan fingerprint density at radius 3 is 1.92 bits per heavy atom. The Morgan fingerprint density at radius 1 is 0.784 bits per heavy atom. The molecule has 0 spiro atoms. The molecule has 1 aliphatic heterocycles. The van der Waals surface area contributed by atoms with E-state index in [9.17, 15) is 9.59 Å². The molecule has 0 aliphatic carbocycles. The Labute approximate surface area is 228 Å². The van der Waals surface area contributed by atoms with Crippen molar-refractivity contribution in [1.29, 1.82) is 0 Å². The van der Waals surface area contributed by atoms with E-state index in [1.165, 1.54) is 103 Å². The van der Waals surface area contributed by atoms with Crippen molar-refractivity contribution in [2.45, 2.75) is 135 Å². The number of rotatable bonds is 26. The minimum atomic E-state index is -0.331. The molecule has 0 unspecified atom stereocenters. The van der Waals surface area contributed by atoms with Crippen LogP contribution >= 0.6 is 0 Å². The van der Waals surface area contributed by atoms with Gasteiger partial charge in [0, 0.05) is 32.6 Å². The van der Waals surface area contributed by atoms with Gasteiger partial charge >= 0.3 is 0 Å². The van der Waals surface area contributed by atoms with Crippen LogP contribution in [0.5, 0.6) is 0 Å². The molecule has 0 aromatic rings. The number of nitrogens with zero attached hydrogens (tertiary/aromatic N) is 1. The summed E-state index contributed by atoms with van der Waals surface area (Å²) in [6.45, 7) is 6.51. The molecule has 0 aromatic carbocycles. The van der Waals surface area contributed by atoms with E-state index in [0.29, 0.717) is 45.8 Å². The van der Waals surface area contributed by atoms with E-state index in [-0.39, 0.29) is 17.9 Å². The van der Waals surface area contributed by atoms with E-state index >= 15 is 0 Å². The minimum absolute atomic E-state index is 0.0664. The molecule has 1 atom stereocenters. The zero-order valence-electron chi connectivity index (χ0n) is 24.2. The molecule has 2 amide bonds. The maximum atomic E-state index is 12.6. The van der Waals surface area contributed by atoms with E-state index in [1.807, 2.05) is 0 Å². The second-order valence-corrected chi connectivity index (χ2v) is 10.7.